The molecule has 59 heavy (non-hydrogen) atoms. The molecule has 4 aromatic carbocycles. The summed E-state index contributed by atoms with van der Waals surface area (Å²) in [7, 11) is -9.22. The van der Waals surface area contributed by atoms with Crippen LogP contribution >= 0.6 is 18.9 Å². The molecule has 3 atom stereocenters. The van der Waals surface area contributed by atoms with Gasteiger partial charge in [0.25, 0.3) is 21.8 Å². The molecule has 21 heteroatoms. The molecule has 312 valence electrons. The number of fused-ring (bicyclic) bond motifs is 1. The van der Waals surface area contributed by atoms with Gasteiger partial charge in [-0.25, -0.2) is 17.4 Å². The number of benzene rings is 4. The highest BCUT2D eigenvalue weighted by Crippen LogP contribution is 2.44. The van der Waals surface area contributed by atoms with Crippen LogP contribution in [0.15, 0.2) is 70.9 Å². The highest BCUT2D eigenvalue weighted by Gasteiger charge is 2.30. The number of halogens is 1. The van der Waals surface area contributed by atoms with Crippen molar-refractivity contribution in [3.63, 3.8) is 0 Å². The van der Waals surface area contributed by atoms with Gasteiger partial charge in [-0.15, -0.1) is 11.3 Å². The Morgan fingerprint density at radius 3 is 1.88 bits per heavy atom. The number of aromatic hydroxyl groups is 4. The Labute approximate surface area is 340 Å². The fourth-order valence-corrected chi connectivity index (χ4v) is 9.91. The van der Waals surface area contributed by atoms with Crippen LogP contribution in [0.4, 0.5) is 4.39 Å². The fourth-order valence-electron chi connectivity index (χ4n) is 5.44. The number of hydrogen-bond acceptors (Lipinski definition) is 14. The first-order chi connectivity index (χ1) is 27.8. The van der Waals surface area contributed by atoms with Crippen LogP contribution in [0.25, 0.3) is 10.1 Å². The summed E-state index contributed by atoms with van der Waals surface area (Å²) in [5.74, 6) is -4.09. The number of sulfonamides is 1. The molecule has 1 heterocycles. The minimum atomic E-state index is -4.74. The number of hydrogen-bond donors (Lipinski definition) is 8. The van der Waals surface area contributed by atoms with Crippen LogP contribution < -0.4 is 29.4 Å². The quantitative estimate of drug-likeness (QED) is 0.0441. The molecule has 0 aliphatic carbocycles. The predicted octanol–water partition coefficient (Wildman–Crippen LogP) is 5.19. The van der Waals surface area contributed by atoms with Crippen molar-refractivity contribution >= 4 is 50.9 Å². The second-order valence-electron chi connectivity index (χ2n) is 13.1. The van der Waals surface area contributed by atoms with Gasteiger partial charge in [0.2, 0.25) is 0 Å². The largest absolute Gasteiger partial charge is 0.504 e. The lowest BCUT2D eigenvalue weighted by molar-refractivity contribution is 0.0913. The molecule has 0 aliphatic heterocycles. The van der Waals surface area contributed by atoms with Gasteiger partial charge in [0.1, 0.15) is 41.3 Å². The summed E-state index contributed by atoms with van der Waals surface area (Å²) < 4.78 is 73.7. The minimum absolute atomic E-state index is 0.0661. The van der Waals surface area contributed by atoms with Gasteiger partial charge in [-0.3, -0.25) is 9.59 Å². The second-order valence-corrected chi connectivity index (χ2v) is 17.9. The highest BCUT2D eigenvalue weighted by atomic mass is 32.2. The molecule has 1 aromatic heterocycles. The summed E-state index contributed by atoms with van der Waals surface area (Å²) in [4.78, 5) is 36.1. The average Bonchev–Trinajstić information content (AvgIpc) is 3.55. The zero-order chi connectivity index (χ0) is 43.2. The second kappa shape index (κ2) is 18.2. The van der Waals surface area contributed by atoms with Crippen molar-refractivity contribution in [2.45, 2.75) is 43.5 Å². The number of nitrogens with one attached hydrogen (secondary N) is 3. The Balaban J connectivity index is 1.39. The maximum atomic E-state index is 14.0. The lowest BCUT2D eigenvalue weighted by atomic mass is 10.1. The van der Waals surface area contributed by atoms with E-state index in [1.807, 2.05) is 0 Å². The van der Waals surface area contributed by atoms with E-state index < -0.39 is 82.4 Å². The van der Waals surface area contributed by atoms with Gasteiger partial charge in [-0.1, -0.05) is 6.92 Å². The van der Waals surface area contributed by atoms with E-state index in [0.29, 0.717) is 15.6 Å². The van der Waals surface area contributed by atoms with Crippen molar-refractivity contribution in [3.05, 3.63) is 94.8 Å². The molecular formula is C38H38FN4O13PS2. The smallest absolute Gasteiger partial charge is 0.391 e. The number of carbonyl (C=O) groups is 2. The number of amides is 2. The van der Waals surface area contributed by atoms with Crippen LogP contribution in [0.2, 0.25) is 0 Å². The van der Waals surface area contributed by atoms with Crippen LogP contribution in [-0.4, -0.2) is 77.1 Å². The van der Waals surface area contributed by atoms with Crippen molar-refractivity contribution in [2.75, 3.05) is 19.5 Å². The first-order valence-corrected chi connectivity index (χ1v) is 21.6. The van der Waals surface area contributed by atoms with E-state index in [4.69, 9.17) is 19.3 Å². The monoisotopic (exact) mass is 872 g/mol. The topological polar surface area (TPSA) is 274 Å². The Morgan fingerprint density at radius 2 is 1.39 bits per heavy atom. The molecule has 5 rings (SSSR count). The SMILES string of the molecule is CCc1c(S(=O)(=O)NCP(=O)(O)Oc2ccc(C#N)c(F)c2)sc2cc(OCC(C)NC(=O)c3ccc(O)c(O)c3)c(OCC(C)NC(=O)c3ccc(O)c(O)c3)cc12. The Hall–Kier alpha value is -6.10. The summed E-state index contributed by atoms with van der Waals surface area (Å²) in [5, 5.41) is 53.6. The molecule has 0 saturated carbocycles. The highest BCUT2D eigenvalue weighted by molar-refractivity contribution is 7.92. The molecule has 0 spiro atoms. The van der Waals surface area contributed by atoms with Gasteiger partial charge in [-0.2, -0.15) is 9.98 Å². The molecule has 0 bridgehead atoms. The van der Waals surface area contributed by atoms with Crippen molar-refractivity contribution in [3.8, 4) is 46.3 Å². The van der Waals surface area contributed by atoms with Gasteiger partial charge in [0, 0.05) is 33.3 Å². The third kappa shape index (κ3) is 10.9. The van der Waals surface area contributed by atoms with Crippen molar-refractivity contribution in [1.82, 2.24) is 15.4 Å². The molecule has 0 aliphatic rings. The summed E-state index contributed by atoms with van der Waals surface area (Å²) in [5.41, 5.74) is 0.128. The van der Waals surface area contributed by atoms with Gasteiger partial charge >= 0.3 is 7.60 Å². The number of nitrogens with zero attached hydrogens (tertiary/aromatic N) is 1. The summed E-state index contributed by atoms with van der Waals surface area (Å²) >= 11 is 0.829. The number of phenolic OH excluding ortho intramolecular Hbond substituents is 4. The number of aryl methyl sites for hydroxylation is 1. The first kappa shape index (κ1) is 44.0. The Morgan fingerprint density at radius 1 is 0.847 bits per heavy atom. The zero-order valence-corrected chi connectivity index (χ0v) is 34.0. The van der Waals surface area contributed by atoms with E-state index in [0.717, 1.165) is 53.8 Å². The van der Waals surface area contributed by atoms with Gasteiger partial charge in [0.05, 0.1) is 17.6 Å². The van der Waals surface area contributed by atoms with Crippen LogP contribution in [0.3, 0.4) is 0 Å². The van der Waals surface area contributed by atoms with Crippen molar-refractivity contribution < 1.29 is 66.3 Å². The molecule has 5 aromatic rings. The number of ether oxygens (including phenoxy) is 2. The molecule has 8 N–H and O–H groups in total. The van der Waals surface area contributed by atoms with E-state index in [-0.39, 0.29) is 52.0 Å². The standard InChI is InChI=1S/C38H38FN4O13PS2/c1-4-26-27-14-33(54-17-20(2)42-36(48)22-6-9-29(44)31(46)11-22)34(55-18-21(3)43-37(49)23-7-10-30(45)32(47)12-23)15-35(27)58-38(26)59(52,53)41-19-57(50,51)56-25-8-5-24(16-40)28(39)13-25/h5-15,20-21,41,44-47H,4,17-19H2,1-3H3,(H,42,48)(H,43,49)(H,50,51). The molecule has 0 saturated heterocycles. The third-order valence-corrected chi connectivity index (χ3v) is 12.8. The Bertz CT molecular complexity index is 2620. The van der Waals surface area contributed by atoms with Gasteiger partial charge in [0.15, 0.2) is 34.5 Å². The maximum Gasteiger partial charge on any atom is 0.391 e. The number of phenols is 4. The van der Waals surface area contributed by atoms with Crippen LogP contribution in [0.5, 0.6) is 40.2 Å². The molecule has 0 radical (unpaired) electrons. The summed E-state index contributed by atoms with van der Waals surface area (Å²) in [6.45, 7) is 4.69. The minimum Gasteiger partial charge on any atom is -0.504 e. The fraction of sp³-hybridized carbons (Fsp3) is 0.237. The number of thiophene rings is 1. The molecule has 0 fully saturated rings. The lowest BCUT2D eigenvalue weighted by Gasteiger charge is -2.19. The van der Waals surface area contributed by atoms with E-state index in [1.165, 1.54) is 24.3 Å². The Kier molecular flexibility index (Phi) is 13.6. The normalized spacial score (nSPS) is 13.4. The first-order valence-electron chi connectivity index (χ1n) is 17.5. The lowest BCUT2D eigenvalue weighted by Crippen LogP contribution is -2.37. The van der Waals surface area contributed by atoms with E-state index in [9.17, 15) is 52.3 Å². The van der Waals surface area contributed by atoms with E-state index in [2.05, 4.69) is 15.4 Å². The molecular weight excluding hydrogens is 835 g/mol. The number of rotatable bonds is 17. The summed E-state index contributed by atoms with van der Waals surface area (Å²) in [6, 6.07) is 13.4. The van der Waals surface area contributed by atoms with E-state index >= 15 is 0 Å². The van der Waals surface area contributed by atoms with Crippen molar-refractivity contribution in [1.29, 1.82) is 5.26 Å². The zero-order valence-electron chi connectivity index (χ0n) is 31.4. The number of carbonyl (C=O) groups excluding carboxylic acids is 2. The van der Waals surface area contributed by atoms with Crippen LogP contribution in [0.1, 0.15) is 52.6 Å². The predicted molar refractivity (Wildman–Crippen MR) is 212 cm³/mol. The molecule has 2 amide bonds. The molecule has 17 nitrogen and oxygen atoms in total. The van der Waals surface area contributed by atoms with Crippen LogP contribution in [0, 0.1) is 17.1 Å². The van der Waals surface area contributed by atoms with Gasteiger partial charge in [-0.05, 0) is 80.4 Å². The molecule has 3 unspecified atom stereocenters. The summed E-state index contributed by atoms with van der Waals surface area (Å²) in [6.07, 6.45) is -0.909. The van der Waals surface area contributed by atoms with Gasteiger partial charge < -0.3 is 50.0 Å². The maximum absolute atomic E-state index is 14.0. The number of nitriles is 1. The van der Waals surface area contributed by atoms with E-state index in [1.54, 1.807) is 26.8 Å². The third-order valence-electron chi connectivity index (χ3n) is 8.39. The van der Waals surface area contributed by atoms with Crippen LogP contribution in [-0.2, 0) is 21.0 Å². The average molecular weight is 873 g/mol. The van der Waals surface area contributed by atoms with Crippen molar-refractivity contribution in [2.24, 2.45) is 0 Å².